The summed E-state index contributed by atoms with van der Waals surface area (Å²) in [6.07, 6.45) is 9.40. The van der Waals surface area contributed by atoms with Crippen molar-refractivity contribution in [2.45, 2.75) is 44.1 Å². The summed E-state index contributed by atoms with van der Waals surface area (Å²) >= 11 is 0. The van der Waals surface area contributed by atoms with E-state index in [4.69, 9.17) is 11.1 Å². The lowest BCUT2D eigenvalue weighted by Crippen LogP contribution is -2.61. The molecule has 0 aliphatic heterocycles. The van der Waals surface area contributed by atoms with Crippen molar-refractivity contribution in [2.75, 3.05) is 0 Å². The van der Waals surface area contributed by atoms with Gasteiger partial charge in [-0.25, -0.2) is 4.90 Å². The lowest BCUT2D eigenvalue weighted by Gasteiger charge is -2.58. The number of nitrogens with one attached hydrogen (secondary N) is 1. The highest BCUT2D eigenvalue weighted by molar-refractivity contribution is 5.77. The van der Waals surface area contributed by atoms with Gasteiger partial charge in [0.05, 0.1) is 5.54 Å². The topological polar surface area (TPSA) is 76.9 Å². The molecule has 4 fully saturated rings. The third-order valence-corrected chi connectivity index (χ3v) is 4.82. The van der Waals surface area contributed by atoms with Crippen molar-refractivity contribution in [3.8, 4) is 6.19 Å². The molecule has 16 heavy (non-hydrogen) atoms. The molecule has 4 nitrogen and oxygen atoms in total. The fourth-order valence-corrected chi connectivity index (χ4v) is 4.75. The van der Waals surface area contributed by atoms with Crippen LogP contribution in [-0.4, -0.2) is 16.4 Å². The van der Waals surface area contributed by atoms with Crippen LogP contribution in [0.25, 0.3) is 0 Å². The Hall–Kier alpha value is -1.24. The number of nitriles is 1. The van der Waals surface area contributed by atoms with Gasteiger partial charge in [0.15, 0.2) is 6.19 Å². The van der Waals surface area contributed by atoms with E-state index in [1.165, 1.54) is 24.2 Å². The second kappa shape index (κ2) is 3.13. The van der Waals surface area contributed by atoms with E-state index in [2.05, 4.69) is 6.19 Å². The van der Waals surface area contributed by atoms with Gasteiger partial charge in [0, 0.05) is 0 Å². The Bertz CT molecular complexity index is 332. The van der Waals surface area contributed by atoms with Crippen molar-refractivity contribution in [1.82, 2.24) is 4.90 Å². The van der Waals surface area contributed by atoms with Crippen LogP contribution in [-0.2, 0) is 0 Å². The quantitative estimate of drug-likeness (QED) is 0.304. The molecule has 4 bridgehead atoms. The normalized spacial score (nSPS) is 44.1. The zero-order valence-electron chi connectivity index (χ0n) is 9.45. The van der Waals surface area contributed by atoms with Crippen LogP contribution in [0.4, 0.5) is 0 Å². The first-order chi connectivity index (χ1) is 7.63. The van der Waals surface area contributed by atoms with E-state index in [1.807, 2.05) is 0 Å². The van der Waals surface area contributed by atoms with Crippen LogP contribution in [0, 0.1) is 34.6 Å². The minimum absolute atomic E-state index is 0.0653. The summed E-state index contributed by atoms with van der Waals surface area (Å²) in [7, 11) is 0. The van der Waals surface area contributed by atoms with Crippen LogP contribution < -0.4 is 5.73 Å². The predicted octanol–water partition coefficient (Wildman–Crippen LogP) is 1.63. The summed E-state index contributed by atoms with van der Waals surface area (Å²) in [6, 6.07) is 0. The monoisotopic (exact) mass is 218 g/mol. The van der Waals surface area contributed by atoms with Gasteiger partial charge in [-0.3, -0.25) is 5.41 Å². The number of hydrogen-bond donors (Lipinski definition) is 2. The SMILES string of the molecule is N#CN(C(=N)N)C12CC3CC(CC(C3)C1)C2. The second-order valence-electron chi connectivity index (χ2n) is 5.96. The molecule has 86 valence electrons. The van der Waals surface area contributed by atoms with Crippen molar-refractivity contribution in [3.63, 3.8) is 0 Å². The van der Waals surface area contributed by atoms with Crippen LogP contribution in [0.3, 0.4) is 0 Å². The Morgan fingerprint density at radius 3 is 1.94 bits per heavy atom. The van der Waals surface area contributed by atoms with Crippen molar-refractivity contribution in [3.05, 3.63) is 0 Å². The number of rotatable bonds is 1. The minimum atomic E-state index is -0.0880. The molecule has 0 atom stereocenters. The fraction of sp³-hybridized carbons (Fsp3) is 0.833. The van der Waals surface area contributed by atoms with Gasteiger partial charge in [0.2, 0.25) is 5.96 Å². The first kappa shape index (κ1) is 9.95. The van der Waals surface area contributed by atoms with Gasteiger partial charge in [0.25, 0.3) is 0 Å². The third-order valence-electron chi connectivity index (χ3n) is 4.82. The van der Waals surface area contributed by atoms with E-state index >= 15 is 0 Å². The van der Waals surface area contributed by atoms with E-state index in [1.54, 1.807) is 0 Å². The molecule has 0 unspecified atom stereocenters. The van der Waals surface area contributed by atoms with E-state index in [0.29, 0.717) is 0 Å². The molecule has 0 amide bonds. The summed E-state index contributed by atoms with van der Waals surface area (Å²) < 4.78 is 0. The zero-order valence-corrected chi connectivity index (χ0v) is 9.45. The van der Waals surface area contributed by atoms with Crippen LogP contribution in [0.2, 0.25) is 0 Å². The molecule has 0 heterocycles. The average Bonchev–Trinajstić information content (AvgIpc) is 2.14. The highest BCUT2D eigenvalue weighted by atomic mass is 15.3. The van der Waals surface area contributed by atoms with E-state index in [9.17, 15) is 5.26 Å². The summed E-state index contributed by atoms with van der Waals surface area (Å²) in [5.74, 6) is 2.27. The summed E-state index contributed by atoms with van der Waals surface area (Å²) in [6.45, 7) is 0. The molecule has 0 saturated heterocycles. The first-order valence-electron chi connectivity index (χ1n) is 6.17. The van der Waals surface area contributed by atoms with Gasteiger partial charge in [-0.1, -0.05) is 0 Å². The van der Waals surface area contributed by atoms with Crippen LogP contribution in [0.15, 0.2) is 0 Å². The molecule has 4 rings (SSSR count). The lowest BCUT2D eigenvalue weighted by atomic mass is 9.52. The average molecular weight is 218 g/mol. The highest BCUT2D eigenvalue weighted by Gasteiger charge is 2.54. The molecule has 0 aromatic heterocycles. The van der Waals surface area contributed by atoms with Crippen molar-refractivity contribution < 1.29 is 0 Å². The van der Waals surface area contributed by atoms with Crippen molar-refractivity contribution in [1.29, 1.82) is 10.7 Å². The smallest absolute Gasteiger partial charge is 0.202 e. The van der Waals surface area contributed by atoms with Gasteiger partial charge < -0.3 is 5.73 Å². The van der Waals surface area contributed by atoms with Crippen molar-refractivity contribution in [2.24, 2.45) is 23.5 Å². The standard InChI is InChI=1S/C12H18N4/c13-7-16(11(14)15)12-4-8-1-9(5-12)3-10(2-8)6-12/h8-10H,1-6H2,(H3,14,15). The molecular formula is C12H18N4. The molecule has 4 heteroatoms. The maximum absolute atomic E-state index is 9.21. The van der Waals surface area contributed by atoms with Crippen LogP contribution >= 0.6 is 0 Å². The van der Waals surface area contributed by atoms with Gasteiger partial charge in [-0.2, -0.15) is 5.26 Å². The molecule has 4 aliphatic carbocycles. The lowest BCUT2D eigenvalue weighted by molar-refractivity contribution is -0.0465. The maximum Gasteiger partial charge on any atom is 0.202 e. The number of nitrogens with two attached hydrogens (primary N) is 1. The van der Waals surface area contributed by atoms with Crippen LogP contribution in [0.1, 0.15) is 38.5 Å². The molecule has 3 N–H and O–H groups in total. The Morgan fingerprint density at radius 1 is 1.19 bits per heavy atom. The molecule has 4 saturated carbocycles. The Morgan fingerprint density at radius 2 is 1.62 bits per heavy atom. The highest BCUT2D eigenvalue weighted by Crippen LogP contribution is 2.57. The number of nitrogens with zero attached hydrogens (tertiary/aromatic N) is 2. The maximum atomic E-state index is 9.21. The molecular weight excluding hydrogens is 200 g/mol. The van der Waals surface area contributed by atoms with Crippen LogP contribution in [0.5, 0.6) is 0 Å². The molecule has 0 spiro atoms. The van der Waals surface area contributed by atoms with E-state index < -0.39 is 0 Å². The zero-order chi connectivity index (χ0) is 11.3. The second-order valence-corrected chi connectivity index (χ2v) is 5.96. The van der Waals surface area contributed by atoms with E-state index in [0.717, 1.165) is 37.0 Å². The summed E-state index contributed by atoms with van der Waals surface area (Å²) in [5, 5.41) is 16.8. The third kappa shape index (κ3) is 1.24. The molecule has 0 radical (unpaired) electrons. The predicted molar refractivity (Wildman–Crippen MR) is 60.3 cm³/mol. The number of guanidine groups is 1. The molecule has 4 aliphatic rings. The van der Waals surface area contributed by atoms with Gasteiger partial charge in [-0.15, -0.1) is 0 Å². The fourth-order valence-electron chi connectivity index (χ4n) is 4.75. The summed E-state index contributed by atoms with van der Waals surface area (Å²) in [5.41, 5.74) is 5.47. The summed E-state index contributed by atoms with van der Waals surface area (Å²) in [4.78, 5) is 1.50. The molecule has 0 aromatic carbocycles. The Balaban J connectivity index is 1.93. The van der Waals surface area contributed by atoms with Gasteiger partial charge >= 0.3 is 0 Å². The minimum Gasteiger partial charge on any atom is -0.369 e. The Kier molecular flexibility index (Phi) is 1.95. The molecule has 0 aromatic rings. The largest absolute Gasteiger partial charge is 0.369 e. The first-order valence-corrected chi connectivity index (χ1v) is 6.17. The van der Waals surface area contributed by atoms with Crippen molar-refractivity contribution >= 4 is 5.96 Å². The Labute approximate surface area is 95.9 Å². The van der Waals surface area contributed by atoms with Gasteiger partial charge in [0.1, 0.15) is 0 Å². The van der Waals surface area contributed by atoms with E-state index in [-0.39, 0.29) is 11.5 Å². The van der Waals surface area contributed by atoms with Gasteiger partial charge in [-0.05, 0) is 56.3 Å². The number of hydrogen-bond acceptors (Lipinski definition) is 2.